The first-order valence-electron chi connectivity index (χ1n) is 4.99. The molecule has 1 aromatic heterocycles. The Hall–Kier alpha value is -1.50. The van der Waals surface area contributed by atoms with E-state index in [2.05, 4.69) is 16.0 Å². The number of hydrogen-bond acceptors (Lipinski definition) is 2. The van der Waals surface area contributed by atoms with Gasteiger partial charge in [0.25, 0.3) is 0 Å². The second-order valence-corrected chi connectivity index (χ2v) is 4.44. The first-order chi connectivity index (χ1) is 8.11. The molecule has 0 radical (unpaired) electrons. The number of aryl methyl sites for hydroxylation is 1. The van der Waals surface area contributed by atoms with E-state index in [9.17, 15) is 0 Å². The number of aromatic nitrogens is 2. The van der Waals surface area contributed by atoms with Gasteiger partial charge in [-0.1, -0.05) is 23.2 Å². The lowest BCUT2D eigenvalue weighted by Gasteiger charge is -1.99. The molecule has 0 spiro atoms. The molecular formula is C12H9Cl2N3. The third-order valence-electron chi connectivity index (χ3n) is 2.43. The van der Waals surface area contributed by atoms with E-state index >= 15 is 0 Å². The van der Waals surface area contributed by atoms with Crippen molar-refractivity contribution in [3.05, 3.63) is 39.6 Å². The quantitative estimate of drug-likeness (QED) is 0.899. The number of halogens is 2. The summed E-state index contributed by atoms with van der Waals surface area (Å²) >= 11 is 11.8. The molecule has 0 unspecified atom stereocenters. The lowest BCUT2D eigenvalue weighted by Crippen LogP contribution is -1.84. The molecule has 17 heavy (non-hydrogen) atoms. The van der Waals surface area contributed by atoms with E-state index in [1.165, 1.54) is 0 Å². The highest BCUT2D eigenvalue weighted by Gasteiger charge is 2.09. The smallest absolute Gasteiger partial charge is 0.137 e. The topological polar surface area (TPSA) is 52.5 Å². The molecule has 1 N–H and O–H groups in total. The summed E-state index contributed by atoms with van der Waals surface area (Å²) in [6.45, 7) is 1.89. The molecule has 3 nitrogen and oxygen atoms in total. The third-order valence-corrected chi connectivity index (χ3v) is 3.16. The van der Waals surface area contributed by atoms with E-state index in [0.717, 1.165) is 17.0 Å². The Bertz CT molecular complexity index is 596. The van der Waals surface area contributed by atoms with Crippen molar-refractivity contribution >= 4 is 23.2 Å². The Morgan fingerprint density at radius 2 is 2.12 bits per heavy atom. The summed E-state index contributed by atoms with van der Waals surface area (Å²) in [4.78, 5) is 7.49. The lowest BCUT2D eigenvalue weighted by molar-refractivity contribution is 1.12. The molecule has 0 saturated heterocycles. The molecule has 1 aromatic carbocycles. The van der Waals surface area contributed by atoms with Crippen LogP contribution >= 0.6 is 23.2 Å². The summed E-state index contributed by atoms with van der Waals surface area (Å²) in [5, 5.41) is 9.66. The number of imidazole rings is 1. The van der Waals surface area contributed by atoms with Gasteiger partial charge in [0.2, 0.25) is 0 Å². The SMILES string of the molecule is Cc1[nH]c(-c2ccc(Cl)c(Cl)c2)nc1CC#N. The summed E-state index contributed by atoms with van der Waals surface area (Å²) in [5.41, 5.74) is 2.51. The monoisotopic (exact) mass is 265 g/mol. The number of hydrogen-bond donors (Lipinski definition) is 1. The molecule has 2 aromatic rings. The minimum atomic E-state index is 0.295. The van der Waals surface area contributed by atoms with Gasteiger partial charge in [-0.2, -0.15) is 5.26 Å². The van der Waals surface area contributed by atoms with Crippen molar-refractivity contribution in [2.24, 2.45) is 0 Å². The lowest BCUT2D eigenvalue weighted by atomic mass is 10.2. The number of aromatic amines is 1. The Kier molecular flexibility index (Phi) is 3.37. The van der Waals surface area contributed by atoms with E-state index < -0.39 is 0 Å². The van der Waals surface area contributed by atoms with Crippen LogP contribution < -0.4 is 0 Å². The number of rotatable bonds is 2. The summed E-state index contributed by atoms with van der Waals surface area (Å²) in [5.74, 6) is 0.700. The zero-order valence-corrected chi connectivity index (χ0v) is 10.6. The number of nitrogens with one attached hydrogen (secondary N) is 1. The molecule has 5 heteroatoms. The van der Waals surface area contributed by atoms with Crippen LogP contribution in [0.15, 0.2) is 18.2 Å². The predicted molar refractivity (Wildman–Crippen MR) is 68.1 cm³/mol. The fourth-order valence-electron chi connectivity index (χ4n) is 1.52. The molecule has 0 saturated carbocycles. The highest BCUT2D eigenvalue weighted by molar-refractivity contribution is 6.42. The molecule has 0 bridgehead atoms. The van der Waals surface area contributed by atoms with Gasteiger partial charge in [-0.25, -0.2) is 4.98 Å². The van der Waals surface area contributed by atoms with Crippen molar-refractivity contribution in [2.45, 2.75) is 13.3 Å². The average molecular weight is 266 g/mol. The molecule has 0 atom stereocenters. The average Bonchev–Trinajstić information content (AvgIpc) is 2.65. The van der Waals surface area contributed by atoms with Gasteiger partial charge in [0.15, 0.2) is 0 Å². The number of nitriles is 1. The van der Waals surface area contributed by atoms with Crippen LogP contribution in [0, 0.1) is 18.3 Å². The predicted octanol–water partition coefficient (Wildman–Crippen LogP) is 3.76. The molecule has 0 fully saturated rings. The first-order valence-corrected chi connectivity index (χ1v) is 5.75. The molecule has 86 valence electrons. The fraction of sp³-hybridized carbons (Fsp3) is 0.167. The molecule has 1 heterocycles. The normalized spacial score (nSPS) is 10.2. The Morgan fingerprint density at radius 3 is 2.76 bits per heavy atom. The van der Waals surface area contributed by atoms with Crippen LogP contribution in [-0.2, 0) is 6.42 Å². The Labute approximate surface area is 109 Å². The maximum absolute atomic E-state index is 8.66. The van der Waals surface area contributed by atoms with Gasteiger partial charge in [-0.05, 0) is 25.1 Å². The second-order valence-electron chi connectivity index (χ2n) is 3.62. The summed E-state index contributed by atoms with van der Waals surface area (Å²) < 4.78 is 0. The van der Waals surface area contributed by atoms with Crippen molar-refractivity contribution in [3.63, 3.8) is 0 Å². The molecule has 0 aliphatic rings. The van der Waals surface area contributed by atoms with E-state index in [0.29, 0.717) is 22.3 Å². The van der Waals surface area contributed by atoms with Crippen molar-refractivity contribution in [1.82, 2.24) is 9.97 Å². The zero-order chi connectivity index (χ0) is 12.4. The summed E-state index contributed by atoms with van der Waals surface area (Å²) in [7, 11) is 0. The zero-order valence-electron chi connectivity index (χ0n) is 9.09. The standard InChI is InChI=1S/C12H9Cl2N3/c1-7-11(4-5-15)17-12(16-7)8-2-3-9(13)10(14)6-8/h2-3,6H,4H2,1H3,(H,16,17). The van der Waals surface area contributed by atoms with Gasteiger partial charge in [-0.15, -0.1) is 0 Å². The minimum Gasteiger partial charge on any atom is -0.342 e. The molecule has 0 aliphatic carbocycles. The number of nitrogens with zero attached hydrogens (tertiary/aromatic N) is 2. The van der Waals surface area contributed by atoms with E-state index in [1.54, 1.807) is 12.1 Å². The molecule has 0 aliphatic heterocycles. The van der Waals surface area contributed by atoms with Crippen LogP contribution in [-0.4, -0.2) is 9.97 Å². The van der Waals surface area contributed by atoms with Crippen LogP contribution in [0.2, 0.25) is 10.0 Å². The molecule has 0 amide bonds. The van der Waals surface area contributed by atoms with Gasteiger partial charge < -0.3 is 4.98 Å². The van der Waals surface area contributed by atoms with Crippen molar-refractivity contribution in [1.29, 1.82) is 5.26 Å². The number of benzene rings is 1. The Balaban J connectivity index is 2.43. The molecular weight excluding hydrogens is 257 g/mol. The maximum Gasteiger partial charge on any atom is 0.137 e. The van der Waals surface area contributed by atoms with Crippen molar-refractivity contribution in [3.8, 4) is 17.5 Å². The van der Waals surface area contributed by atoms with Crippen LogP contribution in [0.3, 0.4) is 0 Å². The van der Waals surface area contributed by atoms with E-state index in [-0.39, 0.29) is 0 Å². The van der Waals surface area contributed by atoms with Gasteiger partial charge >= 0.3 is 0 Å². The third kappa shape index (κ3) is 2.44. The van der Waals surface area contributed by atoms with Crippen LogP contribution in [0.25, 0.3) is 11.4 Å². The highest BCUT2D eigenvalue weighted by atomic mass is 35.5. The fourth-order valence-corrected chi connectivity index (χ4v) is 1.82. The second kappa shape index (κ2) is 4.79. The minimum absolute atomic E-state index is 0.295. The van der Waals surface area contributed by atoms with Gasteiger partial charge in [0.05, 0.1) is 28.2 Å². The highest BCUT2D eigenvalue weighted by Crippen LogP contribution is 2.27. The van der Waals surface area contributed by atoms with Crippen molar-refractivity contribution in [2.75, 3.05) is 0 Å². The Morgan fingerprint density at radius 1 is 1.35 bits per heavy atom. The first kappa shape index (κ1) is 12.0. The van der Waals surface area contributed by atoms with E-state index in [4.69, 9.17) is 28.5 Å². The van der Waals surface area contributed by atoms with Crippen LogP contribution in [0.5, 0.6) is 0 Å². The maximum atomic E-state index is 8.66. The van der Waals surface area contributed by atoms with Crippen LogP contribution in [0.1, 0.15) is 11.4 Å². The summed E-state index contributed by atoms with van der Waals surface area (Å²) in [6.07, 6.45) is 0.295. The van der Waals surface area contributed by atoms with Gasteiger partial charge in [0.1, 0.15) is 5.82 Å². The van der Waals surface area contributed by atoms with Gasteiger partial charge in [0, 0.05) is 11.3 Å². The molecule has 2 rings (SSSR count). The van der Waals surface area contributed by atoms with Crippen molar-refractivity contribution < 1.29 is 0 Å². The number of H-pyrrole nitrogens is 1. The van der Waals surface area contributed by atoms with E-state index in [1.807, 2.05) is 13.0 Å². The van der Waals surface area contributed by atoms with Gasteiger partial charge in [-0.3, -0.25) is 0 Å². The van der Waals surface area contributed by atoms with Crippen LogP contribution in [0.4, 0.5) is 0 Å². The largest absolute Gasteiger partial charge is 0.342 e. The summed E-state index contributed by atoms with van der Waals surface area (Å²) in [6, 6.07) is 7.39.